The fraction of sp³-hybridized carbons (Fsp3) is 0.533. The monoisotopic (exact) mass is 340 g/mol. The highest BCUT2D eigenvalue weighted by molar-refractivity contribution is 9.10. The van der Waals surface area contributed by atoms with Crippen LogP contribution in [0.2, 0.25) is 0 Å². The van der Waals surface area contributed by atoms with Crippen molar-refractivity contribution in [2.24, 2.45) is 5.92 Å². The zero-order valence-corrected chi connectivity index (χ0v) is 13.3. The zero-order chi connectivity index (χ0) is 14.5. The Kier molecular flexibility index (Phi) is 5.43. The molecule has 4 nitrogen and oxygen atoms in total. The van der Waals surface area contributed by atoms with E-state index in [9.17, 15) is 4.79 Å². The maximum atomic E-state index is 12.2. The summed E-state index contributed by atoms with van der Waals surface area (Å²) in [6.07, 6.45) is 3.93. The average molecular weight is 341 g/mol. The van der Waals surface area contributed by atoms with Gasteiger partial charge in [-0.05, 0) is 55.9 Å². The third kappa shape index (κ3) is 3.96. The summed E-state index contributed by atoms with van der Waals surface area (Å²) in [5, 5.41) is 12.1. The van der Waals surface area contributed by atoms with Crippen LogP contribution >= 0.6 is 15.9 Å². The molecule has 1 fully saturated rings. The summed E-state index contributed by atoms with van der Waals surface area (Å²) in [5.41, 5.74) is 0.800. The van der Waals surface area contributed by atoms with Crippen molar-refractivity contribution in [3.05, 3.63) is 28.7 Å². The van der Waals surface area contributed by atoms with E-state index in [0.29, 0.717) is 5.92 Å². The molecular weight excluding hydrogens is 320 g/mol. The van der Waals surface area contributed by atoms with Gasteiger partial charge in [0.05, 0.1) is 0 Å². The molecule has 1 aromatic rings. The van der Waals surface area contributed by atoms with Gasteiger partial charge >= 0.3 is 6.03 Å². The Morgan fingerprint density at radius 2 is 1.90 bits per heavy atom. The van der Waals surface area contributed by atoms with Crippen LogP contribution in [-0.2, 0) is 0 Å². The molecule has 2 amide bonds. The lowest BCUT2D eigenvalue weighted by Gasteiger charge is -2.34. The lowest BCUT2D eigenvalue weighted by Crippen LogP contribution is -2.42. The Morgan fingerprint density at radius 1 is 1.30 bits per heavy atom. The first-order valence-corrected chi connectivity index (χ1v) is 7.79. The molecule has 1 aliphatic carbocycles. The second-order valence-corrected chi connectivity index (χ2v) is 6.32. The first-order chi connectivity index (χ1) is 9.60. The number of amides is 2. The van der Waals surface area contributed by atoms with Gasteiger partial charge in [-0.15, -0.1) is 0 Å². The van der Waals surface area contributed by atoms with Crippen molar-refractivity contribution in [3.8, 4) is 0 Å². The molecule has 1 aromatic carbocycles. The molecule has 5 heteroatoms. The van der Waals surface area contributed by atoms with Gasteiger partial charge in [0.25, 0.3) is 0 Å². The van der Waals surface area contributed by atoms with Crippen LogP contribution in [0.4, 0.5) is 10.5 Å². The van der Waals surface area contributed by atoms with E-state index in [1.165, 1.54) is 0 Å². The minimum absolute atomic E-state index is 0.0697. The van der Waals surface area contributed by atoms with Crippen molar-refractivity contribution in [1.29, 1.82) is 0 Å². The number of carbonyl (C=O) groups excluding carboxylic acids is 1. The summed E-state index contributed by atoms with van der Waals surface area (Å²) in [6, 6.07) is 7.76. The standard InChI is InChI=1S/C15H21BrN2O2/c1-18(14-8-2-11(10-19)3-9-14)15(20)17-13-6-4-12(16)5-7-13/h4-7,11,14,19H,2-3,8-10H2,1H3,(H,17,20). The van der Waals surface area contributed by atoms with Crippen molar-refractivity contribution in [3.63, 3.8) is 0 Å². The van der Waals surface area contributed by atoms with Crippen LogP contribution < -0.4 is 5.32 Å². The lowest BCUT2D eigenvalue weighted by molar-refractivity contribution is 0.139. The summed E-state index contributed by atoms with van der Waals surface area (Å²) in [4.78, 5) is 14.0. The number of carbonyl (C=O) groups is 1. The van der Waals surface area contributed by atoms with Crippen molar-refractivity contribution in [2.75, 3.05) is 19.0 Å². The molecular formula is C15H21BrN2O2. The third-order valence-electron chi connectivity index (χ3n) is 4.04. The fourth-order valence-corrected chi connectivity index (χ4v) is 2.89. The molecule has 1 saturated carbocycles. The summed E-state index contributed by atoms with van der Waals surface area (Å²) in [6.45, 7) is 0.265. The SMILES string of the molecule is CN(C(=O)Nc1ccc(Br)cc1)C1CCC(CO)CC1. The molecule has 1 aliphatic rings. The first-order valence-electron chi connectivity index (χ1n) is 7.00. The predicted molar refractivity (Wildman–Crippen MR) is 83.8 cm³/mol. The molecule has 0 saturated heterocycles. The third-order valence-corrected chi connectivity index (χ3v) is 4.57. The Bertz CT molecular complexity index is 442. The molecule has 0 bridgehead atoms. The molecule has 20 heavy (non-hydrogen) atoms. The van der Waals surface area contributed by atoms with Gasteiger partial charge in [-0.3, -0.25) is 0 Å². The van der Waals surface area contributed by atoms with E-state index in [0.717, 1.165) is 35.8 Å². The van der Waals surface area contributed by atoms with Gasteiger partial charge in [0.2, 0.25) is 0 Å². The number of nitrogens with one attached hydrogen (secondary N) is 1. The molecule has 0 spiro atoms. The number of hydrogen-bond donors (Lipinski definition) is 2. The quantitative estimate of drug-likeness (QED) is 0.885. The van der Waals surface area contributed by atoms with Crippen LogP contribution in [-0.4, -0.2) is 35.7 Å². The number of benzene rings is 1. The van der Waals surface area contributed by atoms with Crippen LogP contribution in [0.5, 0.6) is 0 Å². The summed E-state index contributed by atoms with van der Waals surface area (Å²) in [7, 11) is 1.85. The summed E-state index contributed by atoms with van der Waals surface area (Å²) < 4.78 is 0.992. The first kappa shape index (κ1) is 15.3. The molecule has 0 radical (unpaired) electrons. The van der Waals surface area contributed by atoms with Gasteiger partial charge in [-0.1, -0.05) is 15.9 Å². The second-order valence-electron chi connectivity index (χ2n) is 5.41. The van der Waals surface area contributed by atoms with E-state index in [4.69, 9.17) is 5.11 Å². The van der Waals surface area contributed by atoms with E-state index in [2.05, 4.69) is 21.2 Å². The lowest BCUT2D eigenvalue weighted by atomic mass is 9.86. The van der Waals surface area contributed by atoms with Gasteiger partial charge in [-0.2, -0.15) is 0 Å². The van der Waals surface area contributed by atoms with Crippen molar-refractivity contribution >= 4 is 27.6 Å². The van der Waals surface area contributed by atoms with Crippen LogP contribution in [0.3, 0.4) is 0 Å². The number of nitrogens with zero attached hydrogens (tertiary/aromatic N) is 1. The van der Waals surface area contributed by atoms with Gasteiger partial charge in [-0.25, -0.2) is 4.79 Å². The van der Waals surface area contributed by atoms with Crippen LogP contribution in [0.25, 0.3) is 0 Å². The minimum atomic E-state index is -0.0697. The molecule has 0 atom stereocenters. The second kappa shape index (κ2) is 7.09. The maximum Gasteiger partial charge on any atom is 0.321 e. The number of hydrogen-bond acceptors (Lipinski definition) is 2. The molecule has 0 aromatic heterocycles. The smallest absolute Gasteiger partial charge is 0.321 e. The van der Waals surface area contributed by atoms with Crippen LogP contribution in [0.1, 0.15) is 25.7 Å². The van der Waals surface area contributed by atoms with Crippen molar-refractivity contribution in [2.45, 2.75) is 31.7 Å². The van der Waals surface area contributed by atoms with Gasteiger partial charge in [0.15, 0.2) is 0 Å². The van der Waals surface area contributed by atoms with E-state index >= 15 is 0 Å². The highest BCUT2D eigenvalue weighted by Gasteiger charge is 2.26. The zero-order valence-electron chi connectivity index (χ0n) is 11.7. The number of aliphatic hydroxyl groups excluding tert-OH is 1. The number of halogens is 1. The summed E-state index contributed by atoms with van der Waals surface area (Å²) in [5.74, 6) is 0.411. The topological polar surface area (TPSA) is 52.6 Å². The van der Waals surface area contributed by atoms with Crippen LogP contribution in [0.15, 0.2) is 28.7 Å². The molecule has 0 aliphatic heterocycles. The Balaban J connectivity index is 1.87. The van der Waals surface area contributed by atoms with E-state index in [1.807, 2.05) is 31.3 Å². The largest absolute Gasteiger partial charge is 0.396 e. The number of anilines is 1. The Labute approximate surface area is 128 Å². The Morgan fingerprint density at radius 3 is 2.45 bits per heavy atom. The molecule has 110 valence electrons. The highest BCUT2D eigenvalue weighted by Crippen LogP contribution is 2.27. The van der Waals surface area contributed by atoms with Gasteiger partial charge in [0.1, 0.15) is 0 Å². The number of rotatable bonds is 3. The van der Waals surface area contributed by atoms with E-state index in [1.54, 1.807) is 4.90 Å². The normalized spacial score (nSPS) is 22.4. The molecule has 0 unspecified atom stereocenters. The molecule has 0 heterocycles. The van der Waals surface area contributed by atoms with Gasteiger partial charge < -0.3 is 15.3 Å². The van der Waals surface area contributed by atoms with Gasteiger partial charge in [0, 0.05) is 29.9 Å². The van der Waals surface area contributed by atoms with Crippen molar-refractivity contribution < 1.29 is 9.90 Å². The van der Waals surface area contributed by atoms with E-state index in [-0.39, 0.29) is 18.7 Å². The molecule has 2 rings (SSSR count). The maximum absolute atomic E-state index is 12.2. The van der Waals surface area contributed by atoms with Crippen molar-refractivity contribution in [1.82, 2.24) is 4.90 Å². The summed E-state index contributed by atoms with van der Waals surface area (Å²) >= 11 is 3.37. The average Bonchev–Trinajstić information content (AvgIpc) is 2.49. The molecule has 2 N–H and O–H groups in total. The fourth-order valence-electron chi connectivity index (χ4n) is 2.63. The highest BCUT2D eigenvalue weighted by atomic mass is 79.9. The Hall–Kier alpha value is -1.07. The number of aliphatic hydroxyl groups is 1. The van der Waals surface area contributed by atoms with Crippen LogP contribution in [0, 0.1) is 5.92 Å². The predicted octanol–water partition coefficient (Wildman–Crippen LogP) is 3.46. The minimum Gasteiger partial charge on any atom is -0.396 e. The number of urea groups is 1. The van der Waals surface area contributed by atoms with E-state index < -0.39 is 0 Å².